The maximum Gasteiger partial charge on any atom is 0.343 e. The molecule has 3 rings (SSSR count). The summed E-state index contributed by atoms with van der Waals surface area (Å²) in [7, 11) is 1.22. The van der Waals surface area contributed by atoms with Gasteiger partial charge in [-0.2, -0.15) is 0 Å². The lowest BCUT2D eigenvalue weighted by Crippen LogP contribution is -2.32. The number of rotatable bonds is 1. The van der Waals surface area contributed by atoms with Crippen LogP contribution < -0.4 is 5.56 Å². The first-order valence-corrected chi connectivity index (χ1v) is 7.39. The van der Waals surface area contributed by atoms with Gasteiger partial charge in [0.2, 0.25) is 0 Å². The van der Waals surface area contributed by atoms with Gasteiger partial charge in [-0.1, -0.05) is 0 Å². The number of hydrogen-bond acceptors (Lipinski definition) is 3. The quantitative estimate of drug-likeness (QED) is 0.739. The fraction of sp³-hybridized carbons (Fsp3) is 0.333. The molecule has 0 bridgehead atoms. The number of aromatic nitrogens is 1. The number of nitrogens with zero attached hydrogens (tertiary/aromatic N) is 1. The molecule has 0 aliphatic carbocycles. The standard InChI is InChI=1S/C15H13BrFNO3/c1-7-3-4-9-12(16)11(17)6-8-5-10(15(20)21-2)14(19)18(7)13(8)9/h5-7H,3-4H2,1-2H3. The monoisotopic (exact) mass is 353 g/mol. The lowest BCUT2D eigenvalue weighted by molar-refractivity contribution is 0.0598. The fourth-order valence-electron chi connectivity index (χ4n) is 2.92. The minimum atomic E-state index is -0.701. The summed E-state index contributed by atoms with van der Waals surface area (Å²) in [5, 5.41) is 0.539. The van der Waals surface area contributed by atoms with Crippen molar-refractivity contribution in [2.24, 2.45) is 0 Å². The molecule has 0 saturated carbocycles. The molecule has 1 aliphatic heterocycles. The molecule has 1 atom stereocenters. The van der Waals surface area contributed by atoms with Crippen molar-refractivity contribution in [3.8, 4) is 0 Å². The Morgan fingerprint density at radius 1 is 1.48 bits per heavy atom. The molecule has 0 radical (unpaired) electrons. The summed E-state index contributed by atoms with van der Waals surface area (Å²) in [6.07, 6.45) is 1.40. The number of benzene rings is 1. The molecule has 0 fully saturated rings. The Labute approximate surface area is 128 Å². The molecular formula is C15H13BrFNO3. The average molecular weight is 354 g/mol. The zero-order valence-corrected chi connectivity index (χ0v) is 13.2. The minimum absolute atomic E-state index is 0.0468. The number of esters is 1. The second-order valence-corrected chi connectivity index (χ2v) is 5.99. The summed E-state index contributed by atoms with van der Waals surface area (Å²) in [5.41, 5.74) is 1.02. The number of ether oxygens (including phenoxy) is 1. The Morgan fingerprint density at radius 3 is 2.86 bits per heavy atom. The van der Waals surface area contributed by atoms with Gasteiger partial charge in [-0.3, -0.25) is 4.79 Å². The van der Waals surface area contributed by atoms with E-state index in [9.17, 15) is 14.0 Å². The van der Waals surface area contributed by atoms with E-state index in [4.69, 9.17) is 0 Å². The van der Waals surface area contributed by atoms with Gasteiger partial charge in [-0.25, -0.2) is 9.18 Å². The number of aryl methyl sites for hydroxylation is 1. The number of carbonyl (C=O) groups excluding carboxylic acids is 1. The molecule has 4 nitrogen and oxygen atoms in total. The topological polar surface area (TPSA) is 48.3 Å². The third kappa shape index (κ3) is 2.00. The SMILES string of the molecule is COC(=O)c1cc2cc(F)c(Br)c3c2n(c1=O)C(C)CC3. The summed E-state index contributed by atoms with van der Waals surface area (Å²) >= 11 is 3.25. The maximum atomic E-state index is 14.0. The normalized spacial score (nSPS) is 17.0. The van der Waals surface area contributed by atoms with E-state index in [1.807, 2.05) is 6.92 Å². The smallest absolute Gasteiger partial charge is 0.343 e. The van der Waals surface area contributed by atoms with Crippen LogP contribution in [0.3, 0.4) is 0 Å². The number of methoxy groups -OCH3 is 1. The summed E-state index contributed by atoms with van der Waals surface area (Å²) in [5.74, 6) is -1.10. The van der Waals surface area contributed by atoms with Gasteiger partial charge in [0.1, 0.15) is 11.4 Å². The van der Waals surface area contributed by atoms with E-state index in [0.29, 0.717) is 28.2 Å². The van der Waals surface area contributed by atoms with Gasteiger partial charge in [0.15, 0.2) is 0 Å². The van der Waals surface area contributed by atoms with E-state index in [0.717, 1.165) is 5.56 Å². The first-order chi connectivity index (χ1) is 9.95. The van der Waals surface area contributed by atoms with Crippen LogP contribution in [-0.2, 0) is 11.2 Å². The van der Waals surface area contributed by atoms with Gasteiger partial charge in [0.05, 0.1) is 17.1 Å². The molecule has 0 spiro atoms. The van der Waals surface area contributed by atoms with E-state index in [2.05, 4.69) is 20.7 Å². The first-order valence-electron chi connectivity index (χ1n) is 6.60. The highest BCUT2D eigenvalue weighted by Crippen LogP contribution is 2.36. The summed E-state index contributed by atoms with van der Waals surface area (Å²) in [6.45, 7) is 1.92. The van der Waals surface area contributed by atoms with E-state index in [-0.39, 0.29) is 17.2 Å². The predicted molar refractivity (Wildman–Crippen MR) is 80.2 cm³/mol. The van der Waals surface area contributed by atoms with Crippen LogP contribution in [0, 0.1) is 5.82 Å². The Bertz CT molecular complexity index is 828. The number of hydrogen-bond donors (Lipinski definition) is 0. The third-order valence-corrected chi connectivity index (χ3v) is 4.82. The highest BCUT2D eigenvalue weighted by molar-refractivity contribution is 9.10. The van der Waals surface area contributed by atoms with E-state index >= 15 is 0 Å². The minimum Gasteiger partial charge on any atom is -0.465 e. The van der Waals surface area contributed by atoms with Crippen molar-refractivity contribution < 1.29 is 13.9 Å². The van der Waals surface area contributed by atoms with Crippen LogP contribution in [0.1, 0.15) is 35.3 Å². The van der Waals surface area contributed by atoms with Crippen LogP contribution in [-0.4, -0.2) is 17.6 Å². The van der Waals surface area contributed by atoms with Gasteiger partial charge in [-0.15, -0.1) is 0 Å². The second-order valence-electron chi connectivity index (χ2n) is 5.20. The highest BCUT2D eigenvalue weighted by Gasteiger charge is 2.26. The molecule has 2 heterocycles. The van der Waals surface area contributed by atoms with Crippen molar-refractivity contribution in [3.05, 3.63) is 43.9 Å². The molecule has 1 unspecified atom stereocenters. The Morgan fingerprint density at radius 2 is 2.19 bits per heavy atom. The van der Waals surface area contributed by atoms with Crippen LogP contribution in [0.2, 0.25) is 0 Å². The van der Waals surface area contributed by atoms with Crippen LogP contribution in [0.4, 0.5) is 4.39 Å². The van der Waals surface area contributed by atoms with Crippen molar-refractivity contribution in [1.82, 2.24) is 4.57 Å². The average Bonchev–Trinajstić information content (AvgIpc) is 2.47. The highest BCUT2D eigenvalue weighted by atomic mass is 79.9. The molecule has 110 valence electrons. The van der Waals surface area contributed by atoms with Crippen molar-refractivity contribution >= 4 is 32.8 Å². The number of pyridine rings is 1. The molecule has 1 aromatic carbocycles. The van der Waals surface area contributed by atoms with Gasteiger partial charge >= 0.3 is 5.97 Å². The van der Waals surface area contributed by atoms with Crippen LogP contribution in [0.15, 0.2) is 21.4 Å². The number of carbonyl (C=O) groups is 1. The number of halogens is 2. The van der Waals surface area contributed by atoms with Crippen LogP contribution in [0.25, 0.3) is 10.9 Å². The van der Waals surface area contributed by atoms with Gasteiger partial charge in [0, 0.05) is 11.4 Å². The molecule has 6 heteroatoms. The molecule has 0 N–H and O–H groups in total. The molecule has 21 heavy (non-hydrogen) atoms. The molecule has 0 saturated heterocycles. The molecule has 2 aromatic rings. The van der Waals surface area contributed by atoms with Crippen molar-refractivity contribution in [3.63, 3.8) is 0 Å². The van der Waals surface area contributed by atoms with Crippen molar-refractivity contribution in [2.45, 2.75) is 25.8 Å². The lowest BCUT2D eigenvalue weighted by Gasteiger charge is -2.26. The zero-order valence-electron chi connectivity index (χ0n) is 11.6. The fourth-order valence-corrected chi connectivity index (χ4v) is 3.42. The zero-order chi connectivity index (χ0) is 15.3. The van der Waals surface area contributed by atoms with Crippen molar-refractivity contribution in [1.29, 1.82) is 0 Å². The van der Waals surface area contributed by atoms with E-state index in [1.165, 1.54) is 19.2 Å². The van der Waals surface area contributed by atoms with Crippen LogP contribution >= 0.6 is 15.9 Å². The first kappa shape index (κ1) is 14.3. The lowest BCUT2D eigenvalue weighted by atomic mass is 9.96. The van der Waals surface area contributed by atoms with Gasteiger partial charge < -0.3 is 9.30 Å². The maximum absolute atomic E-state index is 14.0. The van der Waals surface area contributed by atoms with Gasteiger partial charge in [0.25, 0.3) is 5.56 Å². The second kappa shape index (κ2) is 4.94. The Hall–Kier alpha value is -1.69. The third-order valence-electron chi connectivity index (χ3n) is 3.96. The van der Waals surface area contributed by atoms with Crippen molar-refractivity contribution in [2.75, 3.05) is 7.11 Å². The Balaban J connectivity index is 2.51. The predicted octanol–water partition coefficient (Wildman–Crippen LogP) is 3.20. The van der Waals surface area contributed by atoms with E-state index < -0.39 is 11.8 Å². The summed E-state index contributed by atoms with van der Waals surface area (Å²) < 4.78 is 20.6. The molecule has 1 aromatic heterocycles. The molecule has 0 amide bonds. The summed E-state index contributed by atoms with van der Waals surface area (Å²) in [6, 6.07) is 2.70. The summed E-state index contributed by atoms with van der Waals surface area (Å²) in [4.78, 5) is 24.3. The Kier molecular flexibility index (Phi) is 3.36. The molecular weight excluding hydrogens is 341 g/mol. The van der Waals surface area contributed by atoms with Gasteiger partial charge in [-0.05, 0) is 53.4 Å². The molecule has 1 aliphatic rings. The van der Waals surface area contributed by atoms with Crippen LogP contribution in [0.5, 0.6) is 0 Å². The largest absolute Gasteiger partial charge is 0.465 e. The van der Waals surface area contributed by atoms with E-state index in [1.54, 1.807) is 4.57 Å².